The Hall–Kier alpha value is -2.78. The first kappa shape index (κ1) is 25.8. The van der Waals surface area contributed by atoms with E-state index in [4.69, 9.17) is 16.3 Å². The minimum Gasteiger partial charge on any atom is -0.463 e. The number of benzene rings is 1. The molecule has 0 aromatic heterocycles. The molecule has 10 heteroatoms. The molecule has 0 saturated carbocycles. The van der Waals surface area contributed by atoms with E-state index in [0.717, 1.165) is 24.9 Å². The van der Waals surface area contributed by atoms with Gasteiger partial charge >= 0.3 is 18.0 Å². The molecular weight excluding hydrogens is 458 g/mol. The molecule has 9 nitrogen and oxygen atoms in total. The van der Waals surface area contributed by atoms with Crippen molar-refractivity contribution >= 4 is 29.6 Å². The first-order valence-corrected chi connectivity index (χ1v) is 12.2. The van der Waals surface area contributed by atoms with Crippen molar-refractivity contribution in [2.45, 2.75) is 32.7 Å². The predicted octanol–water partition coefficient (Wildman–Crippen LogP) is 2.98. The van der Waals surface area contributed by atoms with Gasteiger partial charge in [-0.1, -0.05) is 30.7 Å². The maximum Gasteiger partial charge on any atom is 0.338 e. The second kappa shape index (κ2) is 12.1. The second-order valence-corrected chi connectivity index (χ2v) is 8.86. The molecule has 34 heavy (non-hydrogen) atoms. The van der Waals surface area contributed by atoms with Crippen LogP contribution in [0.1, 0.15) is 38.3 Å². The average Bonchev–Trinajstić information content (AvgIpc) is 3.06. The molecular formula is C24H34ClN5O4. The molecule has 0 bridgehead atoms. The molecule has 1 aromatic carbocycles. The van der Waals surface area contributed by atoms with E-state index in [1.54, 1.807) is 38.2 Å². The summed E-state index contributed by atoms with van der Waals surface area (Å²) in [4.78, 5) is 43.8. The number of nitrogens with zero attached hydrogens (tertiary/aromatic N) is 3. The van der Waals surface area contributed by atoms with Crippen LogP contribution in [0.25, 0.3) is 0 Å². The number of hydrogen-bond donors (Lipinski definition) is 2. The summed E-state index contributed by atoms with van der Waals surface area (Å²) in [5.74, 6) is -0.459. The van der Waals surface area contributed by atoms with Gasteiger partial charge in [0.25, 0.3) is 0 Å². The van der Waals surface area contributed by atoms with Crippen molar-refractivity contribution in [3.63, 3.8) is 0 Å². The number of ether oxygens (including phenoxy) is 1. The molecule has 2 aliphatic heterocycles. The molecule has 1 saturated heterocycles. The quantitative estimate of drug-likeness (QED) is 0.572. The van der Waals surface area contributed by atoms with Crippen LogP contribution in [0.15, 0.2) is 35.5 Å². The number of nitrogens with one attached hydrogen (secondary N) is 2. The van der Waals surface area contributed by atoms with Gasteiger partial charge in [0.15, 0.2) is 0 Å². The third-order valence-electron chi connectivity index (χ3n) is 6.05. The van der Waals surface area contributed by atoms with Crippen LogP contribution < -0.4 is 10.6 Å². The molecule has 1 unspecified atom stereocenters. The fraction of sp³-hybridized carbons (Fsp3) is 0.542. The van der Waals surface area contributed by atoms with E-state index in [2.05, 4.69) is 15.5 Å². The highest BCUT2D eigenvalue weighted by atomic mass is 35.5. The summed E-state index contributed by atoms with van der Waals surface area (Å²) in [6.07, 6.45) is 1.69. The summed E-state index contributed by atoms with van der Waals surface area (Å²) < 4.78 is 5.39. The molecule has 4 amide bonds. The van der Waals surface area contributed by atoms with Crippen LogP contribution in [0.2, 0.25) is 5.02 Å². The maximum absolute atomic E-state index is 13.1. The average molecular weight is 492 g/mol. The Labute approximate surface area is 206 Å². The van der Waals surface area contributed by atoms with Gasteiger partial charge in [-0.15, -0.1) is 0 Å². The number of carbonyl (C=O) groups is 3. The van der Waals surface area contributed by atoms with Crippen molar-refractivity contribution in [1.29, 1.82) is 0 Å². The van der Waals surface area contributed by atoms with Crippen LogP contribution in [0.3, 0.4) is 0 Å². The fourth-order valence-corrected chi connectivity index (χ4v) is 4.32. The number of hydrogen-bond acceptors (Lipinski definition) is 5. The minimum atomic E-state index is -0.640. The Morgan fingerprint density at radius 3 is 2.56 bits per heavy atom. The maximum atomic E-state index is 13.1. The Bertz CT molecular complexity index is 920. The molecule has 0 aliphatic carbocycles. The molecule has 1 fully saturated rings. The van der Waals surface area contributed by atoms with Crippen LogP contribution in [-0.4, -0.2) is 85.7 Å². The summed E-state index contributed by atoms with van der Waals surface area (Å²) in [5, 5.41) is 6.42. The van der Waals surface area contributed by atoms with E-state index in [9.17, 15) is 14.4 Å². The van der Waals surface area contributed by atoms with Gasteiger partial charge in [0, 0.05) is 57.0 Å². The number of carbonyl (C=O) groups excluding carboxylic acids is 3. The standard InChI is InChI=1S/C24H34ClN5O4/c1-4-11-26-23(32)30-13-6-12-29(14-15-30)16-19-20(22(31)34-5-2)21(27-24(33)28(19)3)17-7-9-18(25)10-8-17/h7-10,21H,4-6,11-16H2,1-3H3,(H,26,32)(H,27,33). The van der Waals surface area contributed by atoms with E-state index in [-0.39, 0.29) is 18.7 Å². The Morgan fingerprint density at radius 2 is 1.88 bits per heavy atom. The first-order chi connectivity index (χ1) is 16.3. The van der Waals surface area contributed by atoms with Crippen molar-refractivity contribution in [2.75, 3.05) is 52.9 Å². The summed E-state index contributed by atoms with van der Waals surface area (Å²) in [6.45, 7) is 7.69. The lowest BCUT2D eigenvalue weighted by Gasteiger charge is -2.36. The molecule has 2 N–H and O–H groups in total. The molecule has 1 aromatic rings. The highest BCUT2D eigenvalue weighted by molar-refractivity contribution is 6.30. The van der Waals surface area contributed by atoms with Gasteiger partial charge in [-0.3, -0.25) is 9.80 Å². The zero-order chi connectivity index (χ0) is 24.7. The SMILES string of the molecule is CCCNC(=O)N1CCCN(CC2=C(C(=O)OCC)C(c3ccc(Cl)cc3)NC(=O)N2C)CC1. The van der Waals surface area contributed by atoms with Crippen molar-refractivity contribution < 1.29 is 19.1 Å². The number of likely N-dealkylation sites (N-methyl/N-ethyl adjacent to an activating group) is 1. The van der Waals surface area contributed by atoms with Crippen molar-refractivity contribution in [3.05, 3.63) is 46.1 Å². The molecule has 0 radical (unpaired) electrons. The lowest BCUT2D eigenvalue weighted by molar-refractivity contribution is -0.139. The number of amides is 4. The molecule has 2 aliphatic rings. The summed E-state index contributed by atoms with van der Waals surface area (Å²) in [6, 6.07) is 6.08. The van der Waals surface area contributed by atoms with E-state index in [1.807, 2.05) is 11.8 Å². The first-order valence-electron chi connectivity index (χ1n) is 11.8. The molecule has 0 spiro atoms. The monoisotopic (exact) mass is 491 g/mol. The van der Waals surface area contributed by atoms with Gasteiger partial charge in [-0.05, 0) is 37.5 Å². The largest absolute Gasteiger partial charge is 0.463 e. The van der Waals surface area contributed by atoms with Crippen molar-refractivity contribution in [2.24, 2.45) is 0 Å². The van der Waals surface area contributed by atoms with E-state index >= 15 is 0 Å². The zero-order valence-corrected chi connectivity index (χ0v) is 20.9. The van der Waals surface area contributed by atoms with Gasteiger partial charge in [0.1, 0.15) is 0 Å². The third-order valence-corrected chi connectivity index (χ3v) is 6.30. The lowest BCUT2D eigenvalue weighted by atomic mass is 9.94. The van der Waals surface area contributed by atoms with Gasteiger partial charge in [-0.25, -0.2) is 14.4 Å². The van der Waals surface area contributed by atoms with Crippen LogP contribution in [0.5, 0.6) is 0 Å². The van der Waals surface area contributed by atoms with Crippen LogP contribution in [0.4, 0.5) is 9.59 Å². The number of rotatable bonds is 7. The predicted molar refractivity (Wildman–Crippen MR) is 130 cm³/mol. The molecule has 186 valence electrons. The van der Waals surface area contributed by atoms with Crippen molar-refractivity contribution in [1.82, 2.24) is 25.3 Å². The third kappa shape index (κ3) is 6.21. The van der Waals surface area contributed by atoms with Gasteiger partial charge in [0.05, 0.1) is 18.2 Å². The summed E-state index contributed by atoms with van der Waals surface area (Å²) in [5.41, 5.74) is 1.76. The van der Waals surface area contributed by atoms with E-state index in [1.165, 1.54) is 4.90 Å². The summed E-state index contributed by atoms with van der Waals surface area (Å²) in [7, 11) is 1.66. The number of esters is 1. The van der Waals surface area contributed by atoms with Crippen LogP contribution in [0, 0.1) is 0 Å². The smallest absolute Gasteiger partial charge is 0.338 e. The normalized spacial score (nSPS) is 19.5. The highest BCUT2D eigenvalue weighted by Gasteiger charge is 2.37. The van der Waals surface area contributed by atoms with Gasteiger partial charge in [-0.2, -0.15) is 0 Å². The van der Waals surface area contributed by atoms with Crippen LogP contribution >= 0.6 is 11.6 Å². The van der Waals surface area contributed by atoms with Gasteiger partial charge < -0.3 is 20.3 Å². The molecule has 3 rings (SSSR count). The van der Waals surface area contributed by atoms with E-state index < -0.39 is 12.0 Å². The Kier molecular flexibility index (Phi) is 9.18. The minimum absolute atomic E-state index is 0.0490. The highest BCUT2D eigenvalue weighted by Crippen LogP contribution is 2.32. The topological polar surface area (TPSA) is 94.2 Å². The lowest BCUT2D eigenvalue weighted by Crippen LogP contribution is -2.49. The van der Waals surface area contributed by atoms with Gasteiger partial charge in [0.2, 0.25) is 0 Å². The van der Waals surface area contributed by atoms with E-state index in [0.29, 0.717) is 49.0 Å². The zero-order valence-electron chi connectivity index (χ0n) is 20.1. The van der Waals surface area contributed by atoms with Crippen LogP contribution in [-0.2, 0) is 9.53 Å². The number of halogens is 1. The summed E-state index contributed by atoms with van der Waals surface area (Å²) >= 11 is 6.05. The Balaban J connectivity index is 1.87. The molecule has 2 heterocycles. The fourth-order valence-electron chi connectivity index (χ4n) is 4.19. The Morgan fingerprint density at radius 1 is 1.15 bits per heavy atom. The number of urea groups is 2. The molecule has 1 atom stereocenters. The second-order valence-electron chi connectivity index (χ2n) is 8.42. The van der Waals surface area contributed by atoms with Crippen molar-refractivity contribution in [3.8, 4) is 0 Å².